The molecule has 3 aromatic rings. The molecule has 0 bridgehead atoms. The molecule has 3 rings (SSSR count). The van der Waals surface area contributed by atoms with E-state index in [0.29, 0.717) is 16.2 Å². The van der Waals surface area contributed by atoms with E-state index in [-0.39, 0.29) is 5.75 Å². The van der Waals surface area contributed by atoms with Gasteiger partial charge >= 0.3 is 15.0 Å². The van der Waals surface area contributed by atoms with Crippen LogP contribution >= 0.6 is 15.0 Å². The molecule has 0 amide bonds. The Morgan fingerprint density at radius 1 is 0.692 bits per heavy atom. The van der Waals surface area contributed by atoms with Crippen LogP contribution in [0.3, 0.4) is 0 Å². The van der Waals surface area contributed by atoms with Crippen LogP contribution < -0.4 is 15.1 Å². The molecular formula is C19H18O5P2. The molecule has 0 aliphatic heterocycles. The number of hydrogen-bond donors (Lipinski definition) is 2. The summed E-state index contributed by atoms with van der Waals surface area (Å²) in [6, 6.07) is 24.1. The van der Waals surface area contributed by atoms with Crippen molar-refractivity contribution in [2.45, 2.75) is 6.16 Å². The van der Waals surface area contributed by atoms with Gasteiger partial charge in [-0.15, -0.1) is 0 Å². The molecule has 0 atom stereocenters. The smallest absolute Gasteiger partial charge is 0.330 e. The maximum atomic E-state index is 13.9. The maximum Gasteiger partial charge on any atom is 0.330 e. The highest BCUT2D eigenvalue weighted by atomic mass is 31.2. The molecular weight excluding hydrogens is 370 g/mol. The first kappa shape index (κ1) is 18.6. The maximum absolute atomic E-state index is 13.9. The van der Waals surface area contributed by atoms with Gasteiger partial charge < -0.3 is 14.3 Å². The molecule has 0 spiro atoms. The molecule has 0 saturated heterocycles. The van der Waals surface area contributed by atoms with Crippen LogP contribution in [0.25, 0.3) is 0 Å². The van der Waals surface area contributed by atoms with Crippen molar-refractivity contribution in [3.63, 3.8) is 0 Å². The summed E-state index contributed by atoms with van der Waals surface area (Å²) >= 11 is 0. The van der Waals surface area contributed by atoms with Crippen molar-refractivity contribution in [2.75, 3.05) is 0 Å². The first-order valence-corrected chi connectivity index (χ1v) is 11.3. The zero-order valence-electron chi connectivity index (χ0n) is 13.8. The minimum absolute atomic E-state index is 0.201. The molecule has 7 heteroatoms. The standard InChI is InChI=1S/C19H18O5P2/c20-25(21,22)15-16-9-7-8-14-19(16)24-26(23,17-10-3-1-4-11-17)18-12-5-2-6-13-18/h1-14H,15H2,(H2,20,21,22). The van der Waals surface area contributed by atoms with Gasteiger partial charge in [0.25, 0.3) is 0 Å². The predicted octanol–water partition coefficient (Wildman–Crippen LogP) is 3.67. The second-order valence-corrected chi connectivity index (χ2v) is 9.71. The number of hydrogen-bond acceptors (Lipinski definition) is 3. The predicted molar refractivity (Wildman–Crippen MR) is 103 cm³/mol. The summed E-state index contributed by atoms with van der Waals surface area (Å²) in [7, 11) is -7.78. The summed E-state index contributed by atoms with van der Waals surface area (Å²) in [6.07, 6.45) is -0.479. The van der Waals surface area contributed by atoms with Gasteiger partial charge in [0.1, 0.15) is 5.75 Å². The second kappa shape index (κ2) is 7.61. The zero-order valence-corrected chi connectivity index (χ0v) is 15.6. The Hall–Kier alpha value is -2.16. The average molecular weight is 388 g/mol. The van der Waals surface area contributed by atoms with Gasteiger partial charge in [-0.3, -0.25) is 9.13 Å². The van der Waals surface area contributed by atoms with Crippen molar-refractivity contribution in [1.82, 2.24) is 0 Å². The highest BCUT2D eigenvalue weighted by Crippen LogP contribution is 2.48. The fourth-order valence-corrected chi connectivity index (χ4v) is 5.39. The van der Waals surface area contributed by atoms with E-state index in [4.69, 9.17) is 4.52 Å². The fourth-order valence-electron chi connectivity index (χ4n) is 2.59. The Morgan fingerprint density at radius 2 is 1.15 bits per heavy atom. The lowest BCUT2D eigenvalue weighted by Crippen LogP contribution is -2.20. The Morgan fingerprint density at radius 3 is 1.65 bits per heavy atom. The summed E-state index contributed by atoms with van der Waals surface area (Å²) in [4.78, 5) is 18.6. The molecule has 0 saturated carbocycles. The Balaban J connectivity index is 2.09. The highest BCUT2D eigenvalue weighted by molar-refractivity contribution is 7.74. The lowest BCUT2D eigenvalue weighted by Gasteiger charge is -2.22. The molecule has 5 nitrogen and oxygen atoms in total. The van der Waals surface area contributed by atoms with Crippen molar-refractivity contribution in [3.8, 4) is 5.75 Å². The van der Waals surface area contributed by atoms with E-state index >= 15 is 0 Å². The molecule has 2 N–H and O–H groups in total. The monoisotopic (exact) mass is 388 g/mol. The third-order valence-electron chi connectivity index (χ3n) is 3.77. The zero-order chi connectivity index (χ0) is 18.6. The molecule has 3 aromatic carbocycles. The first-order chi connectivity index (χ1) is 12.4. The van der Waals surface area contributed by atoms with Crippen molar-refractivity contribution in [3.05, 3.63) is 90.5 Å². The largest absolute Gasteiger partial charge is 0.437 e. The SMILES string of the molecule is O=P(O)(O)Cc1ccccc1OP(=O)(c1ccccc1)c1ccccc1. The molecule has 26 heavy (non-hydrogen) atoms. The van der Waals surface area contributed by atoms with Gasteiger partial charge in [-0.2, -0.15) is 0 Å². The van der Waals surface area contributed by atoms with Crippen LogP contribution in [0.15, 0.2) is 84.9 Å². The van der Waals surface area contributed by atoms with Crippen LogP contribution in [0.1, 0.15) is 5.56 Å². The molecule has 0 radical (unpaired) electrons. The Kier molecular flexibility index (Phi) is 5.45. The van der Waals surface area contributed by atoms with Gasteiger partial charge in [-0.05, 0) is 30.3 Å². The Bertz CT molecular complexity index is 924. The first-order valence-electron chi connectivity index (χ1n) is 7.92. The van der Waals surface area contributed by atoms with Gasteiger partial charge in [0, 0.05) is 5.56 Å². The second-order valence-electron chi connectivity index (χ2n) is 5.74. The van der Waals surface area contributed by atoms with Crippen LogP contribution in [0.2, 0.25) is 0 Å². The van der Waals surface area contributed by atoms with E-state index in [0.717, 1.165) is 0 Å². The van der Waals surface area contributed by atoms with Crippen LogP contribution in [0.4, 0.5) is 0 Å². The summed E-state index contributed by atoms with van der Waals surface area (Å²) < 4.78 is 31.3. The summed E-state index contributed by atoms with van der Waals surface area (Å²) in [6.45, 7) is 0. The van der Waals surface area contributed by atoms with Gasteiger partial charge in [-0.1, -0.05) is 54.6 Å². The molecule has 0 fully saturated rings. The van der Waals surface area contributed by atoms with Crippen LogP contribution in [0, 0.1) is 0 Å². The summed E-state index contributed by atoms with van der Waals surface area (Å²) in [5.41, 5.74) is 0.313. The minimum atomic E-state index is -4.29. The lowest BCUT2D eigenvalue weighted by atomic mass is 10.2. The van der Waals surface area contributed by atoms with Gasteiger partial charge in [0.2, 0.25) is 0 Å². The third-order valence-corrected chi connectivity index (χ3v) is 6.93. The molecule has 0 aliphatic carbocycles. The quantitative estimate of drug-likeness (QED) is 0.630. The third kappa shape index (κ3) is 4.32. The van der Waals surface area contributed by atoms with Crippen LogP contribution in [0.5, 0.6) is 5.75 Å². The van der Waals surface area contributed by atoms with Crippen molar-refractivity contribution >= 4 is 25.6 Å². The Labute approximate surface area is 151 Å². The molecule has 0 heterocycles. The van der Waals surface area contributed by atoms with Gasteiger partial charge in [-0.25, -0.2) is 0 Å². The van der Waals surface area contributed by atoms with E-state index < -0.39 is 21.1 Å². The fraction of sp³-hybridized carbons (Fsp3) is 0.0526. The van der Waals surface area contributed by atoms with Crippen LogP contribution in [-0.2, 0) is 15.3 Å². The van der Waals surface area contributed by atoms with Crippen molar-refractivity contribution in [1.29, 1.82) is 0 Å². The molecule has 0 aliphatic rings. The van der Waals surface area contributed by atoms with E-state index in [1.54, 1.807) is 72.8 Å². The molecule has 134 valence electrons. The minimum Gasteiger partial charge on any atom is -0.437 e. The summed E-state index contributed by atoms with van der Waals surface area (Å²) in [5, 5.41) is 1.02. The van der Waals surface area contributed by atoms with E-state index in [1.165, 1.54) is 0 Å². The van der Waals surface area contributed by atoms with Crippen LogP contribution in [-0.4, -0.2) is 9.79 Å². The van der Waals surface area contributed by atoms with E-state index in [2.05, 4.69) is 0 Å². The highest BCUT2D eigenvalue weighted by Gasteiger charge is 2.31. The molecule has 0 unspecified atom stereocenters. The average Bonchev–Trinajstić information content (AvgIpc) is 2.63. The summed E-state index contributed by atoms with van der Waals surface area (Å²) in [5.74, 6) is 0.201. The van der Waals surface area contributed by atoms with E-state index in [1.807, 2.05) is 12.1 Å². The van der Waals surface area contributed by atoms with E-state index in [9.17, 15) is 18.9 Å². The topological polar surface area (TPSA) is 83.8 Å². The van der Waals surface area contributed by atoms with Gasteiger partial charge in [0.05, 0.1) is 16.8 Å². The van der Waals surface area contributed by atoms with Crippen molar-refractivity contribution in [2.24, 2.45) is 0 Å². The lowest BCUT2D eigenvalue weighted by molar-refractivity contribution is 0.371. The van der Waals surface area contributed by atoms with Gasteiger partial charge in [0.15, 0.2) is 0 Å². The van der Waals surface area contributed by atoms with Crippen molar-refractivity contribution < 1.29 is 23.4 Å². The molecule has 0 aromatic heterocycles. The normalized spacial score (nSPS) is 11.9. The number of benzene rings is 3. The number of rotatable bonds is 6. The number of para-hydroxylation sites is 1.